The number of anilines is 1. The van der Waals surface area contributed by atoms with Crippen molar-refractivity contribution in [1.29, 1.82) is 0 Å². The molecule has 0 aliphatic rings. The van der Waals surface area contributed by atoms with Crippen LogP contribution in [0.4, 0.5) is 5.69 Å². The number of para-hydroxylation sites is 1. The van der Waals surface area contributed by atoms with Gasteiger partial charge in [0.15, 0.2) is 0 Å². The zero-order valence-electron chi connectivity index (χ0n) is 12.3. The number of carbonyl (C=O) groups excluding carboxylic acids is 1. The molecule has 0 aliphatic heterocycles. The topological polar surface area (TPSA) is 87.3 Å². The number of amides is 1. The Morgan fingerprint density at radius 1 is 1.29 bits per heavy atom. The Hall–Kier alpha value is -1.31. The average molecular weight is 336 g/mol. The highest BCUT2D eigenvalue weighted by Gasteiger charge is 2.14. The summed E-state index contributed by atoms with van der Waals surface area (Å²) in [6.07, 6.45) is 1.47. The van der Waals surface area contributed by atoms with Crippen molar-refractivity contribution >= 4 is 34.0 Å². The van der Waals surface area contributed by atoms with Crippen molar-refractivity contribution in [2.45, 2.75) is 19.4 Å². The summed E-state index contributed by atoms with van der Waals surface area (Å²) in [5, 5.41) is 5.74. The van der Waals surface area contributed by atoms with Crippen LogP contribution in [0.25, 0.3) is 0 Å². The maximum absolute atomic E-state index is 11.7. The van der Waals surface area contributed by atoms with Gasteiger partial charge < -0.3 is 10.6 Å². The molecule has 1 amide bonds. The summed E-state index contributed by atoms with van der Waals surface area (Å²) >= 11 is 0. The van der Waals surface area contributed by atoms with Crippen LogP contribution in [0.5, 0.6) is 0 Å². The number of hydrogen-bond donors (Lipinski definition) is 3. The summed E-state index contributed by atoms with van der Waals surface area (Å²) in [5.41, 5.74) is 1.21. The van der Waals surface area contributed by atoms with Gasteiger partial charge in [0, 0.05) is 13.0 Å². The van der Waals surface area contributed by atoms with E-state index in [9.17, 15) is 13.2 Å². The molecule has 0 heterocycles. The van der Waals surface area contributed by atoms with Crippen molar-refractivity contribution in [2.75, 3.05) is 24.6 Å². The number of rotatable bonds is 7. The molecule has 0 aromatic heterocycles. The number of sulfonamides is 1. The van der Waals surface area contributed by atoms with Crippen molar-refractivity contribution in [1.82, 2.24) is 10.6 Å². The molecular formula is C13H22ClN3O3S. The van der Waals surface area contributed by atoms with Crippen LogP contribution in [0.1, 0.15) is 24.9 Å². The molecule has 120 valence electrons. The van der Waals surface area contributed by atoms with E-state index in [1.807, 2.05) is 6.92 Å². The minimum atomic E-state index is -3.35. The Bertz CT molecular complexity index is 564. The number of halogens is 1. The molecule has 0 saturated heterocycles. The van der Waals surface area contributed by atoms with Crippen molar-refractivity contribution < 1.29 is 13.2 Å². The van der Waals surface area contributed by atoms with Gasteiger partial charge in [-0.1, -0.05) is 18.2 Å². The van der Waals surface area contributed by atoms with Crippen molar-refractivity contribution in [2.24, 2.45) is 0 Å². The van der Waals surface area contributed by atoms with Gasteiger partial charge in [0.25, 0.3) is 0 Å². The van der Waals surface area contributed by atoms with Gasteiger partial charge in [-0.15, -0.1) is 12.4 Å². The first-order valence-electron chi connectivity index (χ1n) is 6.34. The molecule has 1 unspecified atom stereocenters. The highest BCUT2D eigenvalue weighted by molar-refractivity contribution is 7.92. The highest BCUT2D eigenvalue weighted by atomic mass is 35.5. The van der Waals surface area contributed by atoms with E-state index in [-0.39, 0.29) is 24.4 Å². The zero-order chi connectivity index (χ0) is 15.2. The highest BCUT2D eigenvalue weighted by Crippen LogP contribution is 2.23. The van der Waals surface area contributed by atoms with E-state index in [4.69, 9.17) is 0 Å². The standard InChI is InChI=1S/C13H21N3O3S.ClH/c1-10(15-13(17)8-9-14-2)11-6-4-5-7-12(11)16-20(3,18)19;/h4-7,10,14,16H,8-9H2,1-3H3,(H,15,17);1H. The predicted molar refractivity (Wildman–Crippen MR) is 87.3 cm³/mol. The second-order valence-electron chi connectivity index (χ2n) is 4.60. The van der Waals surface area contributed by atoms with Crippen molar-refractivity contribution in [3.8, 4) is 0 Å². The minimum Gasteiger partial charge on any atom is -0.349 e. The molecule has 3 N–H and O–H groups in total. The third-order valence-corrected chi connectivity index (χ3v) is 3.29. The van der Waals surface area contributed by atoms with Crippen LogP contribution in [0.15, 0.2) is 24.3 Å². The Labute approximate surface area is 132 Å². The quantitative estimate of drug-likeness (QED) is 0.700. The minimum absolute atomic E-state index is 0. The summed E-state index contributed by atoms with van der Waals surface area (Å²) in [6, 6.07) is 6.74. The fraction of sp³-hybridized carbons (Fsp3) is 0.462. The van der Waals surface area contributed by atoms with E-state index in [0.717, 1.165) is 11.8 Å². The summed E-state index contributed by atoms with van der Waals surface area (Å²) in [6.45, 7) is 2.42. The van der Waals surface area contributed by atoms with E-state index in [1.54, 1.807) is 31.3 Å². The van der Waals surface area contributed by atoms with Crippen LogP contribution in [-0.4, -0.2) is 34.2 Å². The van der Waals surface area contributed by atoms with Crippen LogP contribution in [0, 0.1) is 0 Å². The lowest BCUT2D eigenvalue weighted by Gasteiger charge is -2.18. The van der Waals surface area contributed by atoms with E-state index < -0.39 is 10.0 Å². The smallest absolute Gasteiger partial charge is 0.229 e. The Morgan fingerprint density at radius 2 is 1.90 bits per heavy atom. The van der Waals surface area contributed by atoms with E-state index in [1.165, 1.54) is 0 Å². The molecule has 0 saturated carbocycles. The third-order valence-electron chi connectivity index (χ3n) is 2.70. The SMILES string of the molecule is CNCCC(=O)NC(C)c1ccccc1NS(C)(=O)=O.Cl. The summed E-state index contributed by atoms with van der Waals surface area (Å²) in [5.74, 6) is -0.0824. The van der Waals surface area contributed by atoms with Gasteiger partial charge in [-0.25, -0.2) is 8.42 Å². The second-order valence-corrected chi connectivity index (χ2v) is 6.35. The van der Waals surface area contributed by atoms with Gasteiger partial charge in [-0.3, -0.25) is 9.52 Å². The zero-order valence-corrected chi connectivity index (χ0v) is 14.0. The lowest BCUT2D eigenvalue weighted by atomic mass is 10.1. The van der Waals surface area contributed by atoms with Crippen LogP contribution >= 0.6 is 12.4 Å². The van der Waals surface area contributed by atoms with Gasteiger partial charge in [-0.05, 0) is 25.6 Å². The third kappa shape index (κ3) is 7.31. The number of nitrogens with one attached hydrogen (secondary N) is 3. The van der Waals surface area contributed by atoms with Crippen LogP contribution in [0.2, 0.25) is 0 Å². The summed E-state index contributed by atoms with van der Waals surface area (Å²) in [4.78, 5) is 11.7. The van der Waals surface area contributed by atoms with E-state index in [0.29, 0.717) is 18.7 Å². The molecule has 0 spiro atoms. The molecule has 8 heteroatoms. The summed E-state index contributed by atoms with van der Waals surface area (Å²) in [7, 11) is -1.57. The van der Waals surface area contributed by atoms with Gasteiger partial charge >= 0.3 is 0 Å². The first-order chi connectivity index (χ1) is 9.33. The fourth-order valence-corrected chi connectivity index (χ4v) is 2.38. The molecule has 6 nitrogen and oxygen atoms in total. The first-order valence-corrected chi connectivity index (χ1v) is 8.23. The molecular weight excluding hydrogens is 314 g/mol. The van der Waals surface area contributed by atoms with Gasteiger partial charge in [0.05, 0.1) is 18.0 Å². The van der Waals surface area contributed by atoms with Gasteiger partial charge in [0.1, 0.15) is 0 Å². The number of benzene rings is 1. The second kappa shape index (κ2) is 8.86. The molecule has 1 aromatic carbocycles. The number of hydrogen-bond acceptors (Lipinski definition) is 4. The van der Waals surface area contributed by atoms with Crippen molar-refractivity contribution in [3.05, 3.63) is 29.8 Å². The number of carbonyl (C=O) groups is 1. The van der Waals surface area contributed by atoms with Gasteiger partial charge in [0.2, 0.25) is 15.9 Å². The molecule has 0 fully saturated rings. The fourth-order valence-electron chi connectivity index (χ4n) is 1.80. The first kappa shape index (κ1) is 19.7. The molecule has 0 bridgehead atoms. The Kier molecular flexibility index (Phi) is 8.31. The van der Waals surface area contributed by atoms with Crippen LogP contribution in [0.3, 0.4) is 0 Å². The lowest BCUT2D eigenvalue weighted by molar-refractivity contribution is -0.121. The van der Waals surface area contributed by atoms with Gasteiger partial charge in [-0.2, -0.15) is 0 Å². The average Bonchev–Trinajstić information content (AvgIpc) is 2.35. The molecule has 1 atom stereocenters. The molecule has 1 aromatic rings. The Balaban J connectivity index is 0.00000400. The van der Waals surface area contributed by atoms with Crippen LogP contribution in [-0.2, 0) is 14.8 Å². The lowest BCUT2D eigenvalue weighted by Crippen LogP contribution is -2.29. The Morgan fingerprint density at radius 3 is 2.48 bits per heavy atom. The molecule has 21 heavy (non-hydrogen) atoms. The van der Waals surface area contributed by atoms with E-state index >= 15 is 0 Å². The maximum atomic E-state index is 11.7. The molecule has 0 aliphatic carbocycles. The van der Waals surface area contributed by atoms with Crippen molar-refractivity contribution in [3.63, 3.8) is 0 Å². The monoisotopic (exact) mass is 335 g/mol. The van der Waals surface area contributed by atoms with Crippen LogP contribution < -0.4 is 15.4 Å². The van der Waals surface area contributed by atoms with E-state index in [2.05, 4.69) is 15.4 Å². The molecule has 1 rings (SSSR count). The maximum Gasteiger partial charge on any atom is 0.229 e. The largest absolute Gasteiger partial charge is 0.349 e. The predicted octanol–water partition coefficient (Wildman–Crippen LogP) is 1.27. The summed E-state index contributed by atoms with van der Waals surface area (Å²) < 4.78 is 25.1. The normalized spacial score (nSPS) is 12.1. The molecule has 0 radical (unpaired) electrons.